The maximum Gasteiger partial charge on any atom is 0.236 e. The van der Waals surface area contributed by atoms with Crippen LogP contribution >= 0.6 is 0 Å². The Bertz CT molecular complexity index is 283. The number of aliphatic hydroxyl groups excluding tert-OH is 1. The summed E-state index contributed by atoms with van der Waals surface area (Å²) in [5.74, 6) is 0.335. The van der Waals surface area contributed by atoms with Crippen LogP contribution < -0.4 is 0 Å². The molecule has 5 heteroatoms. The smallest absolute Gasteiger partial charge is 0.236 e. The van der Waals surface area contributed by atoms with Crippen LogP contribution in [0.2, 0.25) is 0 Å². The van der Waals surface area contributed by atoms with E-state index >= 15 is 0 Å². The van der Waals surface area contributed by atoms with Crippen molar-refractivity contribution in [3.63, 3.8) is 0 Å². The van der Waals surface area contributed by atoms with E-state index in [1.165, 1.54) is 0 Å². The van der Waals surface area contributed by atoms with Gasteiger partial charge >= 0.3 is 0 Å². The minimum atomic E-state index is -0.282. The van der Waals surface area contributed by atoms with Crippen LogP contribution in [-0.4, -0.2) is 65.4 Å². The number of carbonyl (C=O) groups excluding carboxylic acids is 2. The normalized spacial score (nSPS) is 27.4. The number of aliphatic hydroxyl groups is 1. The van der Waals surface area contributed by atoms with Crippen molar-refractivity contribution >= 4 is 11.7 Å². The molecule has 2 saturated heterocycles. The highest BCUT2D eigenvalue weighted by atomic mass is 16.3. The summed E-state index contributed by atoms with van der Waals surface area (Å²) in [4.78, 5) is 26.6. The van der Waals surface area contributed by atoms with Gasteiger partial charge in [0, 0.05) is 39.0 Å². The SMILES string of the molecule is O=C1CCN(C(=O)CN2CCC(O)C2)CC1. The average Bonchev–Trinajstić information content (AvgIpc) is 2.65. The van der Waals surface area contributed by atoms with Crippen molar-refractivity contribution in [3.8, 4) is 0 Å². The molecule has 16 heavy (non-hydrogen) atoms. The third kappa shape index (κ3) is 2.80. The number of amides is 1. The largest absolute Gasteiger partial charge is 0.392 e. The summed E-state index contributed by atoms with van der Waals surface area (Å²) in [6.45, 7) is 2.89. The zero-order valence-electron chi connectivity index (χ0n) is 9.39. The first-order valence-electron chi connectivity index (χ1n) is 5.85. The van der Waals surface area contributed by atoms with Gasteiger partial charge in [0.15, 0.2) is 0 Å². The Labute approximate surface area is 95.0 Å². The zero-order chi connectivity index (χ0) is 11.5. The molecule has 2 aliphatic heterocycles. The summed E-state index contributed by atoms with van der Waals surface area (Å²) in [6, 6.07) is 0. The van der Waals surface area contributed by atoms with Crippen LogP contribution in [-0.2, 0) is 9.59 Å². The fraction of sp³-hybridized carbons (Fsp3) is 0.818. The number of hydrogen-bond donors (Lipinski definition) is 1. The fourth-order valence-electron chi connectivity index (χ4n) is 2.25. The lowest BCUT2D eigenvalue weighted by atomic mass is 10.1. The molecule has 0 spiro atoms. The lowest BCUT2D eigenvalue weighted by Gasteiger charge is -2.27. The lowest BCUT2D eigenvalue weighted by molar-refractivity contribution is -0.135. The number of ketones is 1. The van der Waals surface area contributed by atoms with Crippen molar-refractivity contribution in [1.29, 1.82) is 0 Å². The molecule has 0 aliphatic carbocycles. The van der Waals surface area contributed by atoms with Crippen molar-refractivity contribution in [3.05, 3.63) is 0 Å². The summed E-state index contributed by atoms with van der Waals surface area (Å²) in [5, 5.41) is 9.35. The predicted molar refractivity (Wildman–Crippen MR) is 57.9 cm³/mol. The van der Waals surface area contributed by atoms with E-state index in [2.05, 4.69) is 0 Å². The van der Waals surface area contributed by atoms with Gasteiger partial charge in [0.25, 0.3) is 0 Å². The van der Waals surface area contributed by atoms with E-state index in [4.69, 9.17) is 0 Å². The predicted octanol–water partition coefficient (Wildman–Crippen LogP) is -0.755. The number of β-amino-alcohol motifs (C(OH)–C–C–N with tert-alkyl or cyclic N) is 1. The third-order valence-electron chi connectivity index (χ3n) is 3.28. The molecule has 2 rings (SSSR count). The minimum Gasteiger partial charge on any atom is -0.392 e. The van der Waals surface area contributed by atoms with Crippen molar-refractivity contribution in [1.82, 2.24) is 9.80 Å². The first-order chi connectivity index (χ1) is 7.65. The molecule has 0 aromatic rings. The van der Waals surface area contributed by atoms with Gasteiger partial charge in [-0.1, -0.05) is 0 Å². The van der Waals surface area contributed by atoms with Gasteiger partial charge in [0.1, 0.15) is 5.78 Å². The Morgan fingerprint density at radius 1 is 1.31 bits per heavy atom. The van der Waals surface area contributed by atoms with Crippen molar-refractivity contribution in [2.24, 2.45) is 0 Å². The van der Waals surface area contributed by atoms with Gasteiger partial charge in [-0.3, -0.25) is 14.5 Å². The average molecular weight is 226 g/mol. The van der Waals surface area contributed by atoms with Crippen LogP contribution in [0.25, 0.3) is 0 Å². The monoisotopic (exact) mass is 226 g/mol. The number of Topliss-reactive ketones (excluding diaryl/α,β-unsaturated/α-hetero) is 1. The van der Waals surface area contributed by atoms with Crippen LogP contribution in [0, 0.1) is 0 Å². The second kappa shape index (κ2) is 4.93. The molecule has 5 nitrogen and oxygen atoms in total. The molecular weight excluding hydrogens is 208 g/mol. The molecule has 2 fully saturated rings. The summed E-state index contributed by atoms with van der Waals surface area (Å²) in [5.41, 5.74) is 0. The van der Waals surface area contributed by atoms with Crippen molar-refractivity contribution in [2.45, 2.75) is 25.4 Å². The Kier molecular flexibility index (Phi) is 3.56. The van der Waals surface area contributed by atoms with Crippen LogP contribution in [0.5, 0.6) is 0 Å². The second-order valence-electron chi connectivity index (χ2n) is 4.60. The van der Waals surface area contributed by atoms with Gasteiger partial charge in [-0.15, -0.1) is 0 Å². The van der Waals surface area contributed by atoms with E-state index in [-0.39, 0.29) is 17.8 Å². The Morgan fingerprint density at radius 2 is 2.00 bits per heavy atom. The second-order valence-corrected chi connectivity index (χ2v) is 4.60. The Balaban J connectivity index is 1.77. The van der Waals surface area contributed by atoms with Crippen molar-refractivity contribution in [2.75, 3.05) is 32.7 Å². The zero-order valence-corrected chi connectivity index (χ0v) is 9.39. The Hall–Kier alpha value is -0.940. The number of rotatable bonds is 2. The van der Waals surface area contributed by atoms with E-state index in [1.807, 2.05) is 4.90 Å². The van der Waals surface area contributed by atoms with Crippen LogP contribution in [0.3, 0.4) is 0 Å². The standard InChI is InChI=1S/C11H18N2O3/c14-9-2-5-13(6-3-9)11(16)8-12-4-1-10(15)7-12/h10,15H,1-8H2. The van der Waals surface area contributed by atoms with Gasteiger partial charge in [0.05, 0.1) is 12.6 Å². The maximum atomic E-state index is 11.9. The molecular formula is C11H18N2O3. The molecule has 0 saturated carbocycles. The molecule has 0 aromatic carbocycles. The molecule has 90 valence electrons. The fourth-order valence-corrected chi connectivity index (χ4v) is 2.25. The molecule has 2 aliphatic rings. The first kappa shape index (κ1) is 11.5. The highest BCUT2D eigenvalue weighted by Crippen LogP contribution is 2.11. The summed E-state index contributed by atoms with van der Waals surface area (Å²) in [7, 11) is 0. The van der Waals surface area contributed by atoms with E-state index in [0.717, 1.165) is 13.0 Å². The third-order valence-corrected chi connectivity index (χ3v) is 3.28. The topological polar surface area (TPSA) is 60.9 Å². The van der Waals surface area contributed by atoms with Crippen LogP contribution in [0.15, 0.2) is 0 Å². The quantitative estimate of drug-likeness (QED) is 0.672. The number of carbonyl (C=O) groups is 2. The van der Waals surface area contributed by atoms with Gasteiger partial charge in [-0.05, 0) is 6.42 Å². The highest BCUT2D eigenvalue weighted by molar-refractivity contribution is 5.84. The van der Waals surface area contributed by atoms with Gasteiger partial charge in [0.2, 0.25) is 5.91 Å². The van der Waals surface area contributed by atoms with Gasteiger partial charge in [-0.25, -0.2) is 0 Å². The summed E-state index contributed by atoms with van der Waals surface area (Å²) >= 11 is 0. The molecule has 1 atom stereocenters. The molecule has 0 radical (unpaired) electrons. The first-order valence-corrected chi connectivity index (χ1v) is 5.85. The van der Waals surface area contributed by atoms with Gasteiger partial charge < -0.3 is 10.0 Å². The number of nitrogens with zero attached hydrogens (tertiary/aromatic N) is 2. The highest BCUT2D eigenvalue weighted by Gasteiger charge is 2.26. The van der Waals surface area contributed by atoms with Crippen molar-refractivity contribution < 1.29 is 14.7 Å². The molecule has 1 amide bonds. The lowest BCUT2D eigenvalue weighted by Crippen LogP contribution is -2.44. The van der Waals surface area contributed by atoms with E-state index < -0.39 is 0 Å². The van der Waals surface area contributed by atoms with Gasteiger partial charge in [-0.2, -0.15) is 0 Å². The van der Waals surface area contributed by atoms with Crippen LogP contribution in [0.1, 0.15) is 19.3 Å². The molecule has 1 N–H and O–H groups in total. The molecule has 1 unspecified atom stereocenters. The van der Waals surface area contributed by atoms with E-state index in [1.54, 1.807) is 4.90 Å². The van der Waals surface area contributed by atoms with Crippen LogP contribution in [0.4, 0.5) is 0 Å². The Morgan fingerprint density at radius 3 is 2.56 bits per heavy atom. The number of piperidine rings is 1. The maximum absolute atomic E-state index is 11.9. The number of likely N-dealkylation sites (tertiary alicyclic amines) is 2. The van der Waals surface area contributed by atoms with E-state index in [9.17, 15) is 14.7 Å². The summed E-state index contributed by atoms with van der Waals surface area (Å²) in [6.07, 6.45) is 1.46. The number of hydrogen-bond acceptors (Lipinski definition) is 4. The molecule has 0 aromatic heterocycles. The summed E-state index contributed by atoms with van der Waals surface area (Å²) < 4.78 is 0. The van der Waals surface area contributed by atoms with E-state index in [0.29, 0.717) is 39.0 Å². The minimum absolute atomic E-state index is 0.0848. The molecule has 2 heterocycles. The molecule has 0 bridgehead atoms.